The van der Waals surface area contributed by atoms with E-state index in [1.54, 1.807) is 24.3 Å². The number of nitrogen functional groups attached to an aromatic ring is 1. The monoisotopic (exact) mass is 268 g/mol. The van der Waals surface area contributed by atoms with Gasteiger partial charge in [-0.1, -0.05) is 0 Å². The minimum Gasteiger partial charge on any atom is -0.436 e. The number of anilines is 1. The van der Waals surface area contributed by atoms with Crippen LogP contribution in [0.3, 0.4) is 0 Å². The van der Waals surface area contributed by atoms with Gasteiger partial charge in [0.05, 0.1) is 5.56 Å². The molecule has 0 atom stereocenters. The van der Waals surface area contributed by atoms with Crippen molar-refractivity contribution < 1.29 is 4.74 Å². The predicted molar refractivity (Wildman–Crippen MR) is 69.3 cm³/mol. The van der Waals surface area contributed by atoms with Gasteiger partial charge < -0.3 is 10.5 Å². The third-order valence-corrected chi connectivity index (χ3v) is 2.59. The molecule has 2 aromatic heterocycles. The van der Waals surface area contributed by atoms with Gasteiger partial charge in [-0.2, -0.15) is 14.9 Å². The van der Waals surface area contributed by atoms with Gasteiger partial charge in [-0.3, -0.25) is 0 Å². The number of aromatic nitrogens is 4. The quantitative estimate of drug-likeness (QED) is 0.658. The molecule has 0 aliphatic carbocycles. The fraction of sp³-hybridized carbons (Fsp3) is 0. The summed E-state index contributed by atoms with van der Waals surface area (Å²) in [6, 6.07) is 9.78. The molecule has 2 heterocycles. The van der Waals surface area contributed by atoms with E-state index in [9.17, 15) is 4.79 Å². The Kier molecular flexibility index (Phi) is 2.58. The number of rotatable bonds is 2. The Hall–Kier alpha value is -3.34. The molecule has 0 aliphatic heterocycles. The van der Waals surface area contributed by atoms with Crippen molar-refractivity contribution >= 4 is 11.3 Å². The third-order valence-electron chi connectivity index (χ3n) is 2.59. The fourth-order valence-electron chi connectivity index (χ4n) is 1.68. The first-order valence-electron chi connectivity index (χ1n) is 5.59. The second-order valence-corrected chi connectivity index (χ2v) is 3.94. The number of H-pyrrole nitrogens is 1. The normalized spacial score (nSPS) is 10.3. The van der Waals surface area contributed by atoms with Crippen LogP contribution in [-0.2, 0) is 0 Å². The average Bonchev–Trinajstić information content (AvgIpc) is 2.82. The Morgan fingerprint density at radius 2 is 2.20 bits per heavy atom. The van der Waals surface area contributed by atoms with Crippen LogP contribution in [0.1, 0.15) is 5.56 Å². The lowest BCUT2D eigenvalue weighted by molar-refractivity contribution is 0.450. The van der Waals surface area contributed by atoms with E-state index in [2.05, 4.69) is 15.3 Å². The highest BCUT2D eigenvalue weighted by Gasteiger charge is 2.08. The molecule has 1 aromatic carbocycles. The number of hydrogen-bond donors (Lipinski definition) is 2. The van der Waals surface area contributed by atoms with Crippen LogP contribution in [0.4, 0.5) is 5.69 Å². The number of fused-ring (bicyclic) bond motifs is 1. The van der Waals surface area contributed by atoms with Crippen LogP contribution in [-0.4, -0.2) is 19.8 Å². The second-order valence-electron chi connectivity index (χ2n) is 3.94. The zero-order valence-corrected chi connectivity index (χ0v) is 10.1. The number of benzene rings is 1. The summed E-state index contributed by atoms with van der Waals surface area (Å²) in [7, 11) is 0. The predicted octanol–water partition coefficient (Wildman–Crippen LogP) is 0.664. The minimum absolute atomic E-state index is 0.169. The Bertz CT molecular complexity index is 889. The van der Waals surface area contributed by atoms with Crippen LogP contribution in [0.5, 0.6) is 11.6 Å². The van der Waals surface area contributed by atoms with Gasteiger partial charge in [0.2, 0.25) is 5.88 Å². The van der Waals surface area contributed by atoms with Gasteiger partial charge in [-0.15, -0.1) is 5.10 Å². The van der Waals surface area contributed by atoms with Gasteiger partial charge in [0.1, 0.15) is 11.8 Å². The van der Waals surface area contributed by atoms with Crippen molar-refractivity contribution in [2.24, 2.45) is 0 Å². The largest absolute Gasteiger partial charge is 0.436 e. The SMILES string of the molecule is N#Cc1cc(N)ccc1Oc1ccc2n[nH]c(=O)n2n1. The average molecular weight is 268 g/mol. The third kappa shape index (κ3) is 1.93. The summed E-state index contributed by atoms with van der Waals surface area (Å²) in [6.07, 6.45) is 0. The molecular weight excluding hydrogens is 260 g/mol. The number of aromatic amines is 1. The topological polar surface area (TPSA) is 122 Å². The zero-order chi connectivity index (χ0) is 14.1. The summed E-state index contributed by atoms with van der Waals surface area (Å²) in [5.41, 5.74) is 6.25. The van der Waals surface area contributed by atoms with Gasteiger partial charge >= 0.3 is 5.69 Å². The molecule has 8 heteroatoms. The molecule has 8 nitrogen and oxygen atoms in total. The van der Waals surface area contributed by atoms with Crippen molar-refractivity contribution in [2.75, 3.05) is 5.73 Å². The standard InChI is InChI=1S/C12H8N6O2/c13-6-7-5-8(14)1-2-9(7)20-11-4-3-10-15-16-12(19)18(10)17-11/h1-5H,14H2,(H,16,19). The maximum Gasteiger partial charge on any atom is 0.364 e. The number of hydrogen-bond acceptors (Lipinski definition) is 6. The van der Waals surface area contributed by atoms with Gasteiger partial charge in [-0.05, 0) is 24.3 Å². The van der Waals surface area contributed by atoms with Crippen LogP contribution in [0.25, 0.3) is 5.65 Å². The summed E-state index contributed by atoms with van der Waals surface area (Å²) in [5.74, 6) is 0.479. The van der Waals surface area contributed by atoms with Crippen molar-refractivity contribution in [3.8, 4) is 17.7 Å². The van der Waals surface area contributed by atoms with Gasteiger partial charge in [0, 0.05) is 11.8 Å². The minimum atomic E-state index is -0.469. The highest BCUT2D eigenvalue weighted by Crippen LogP contribution is 2.25. The molecule has 0 radical (unpaired) electrons. The maximum absolute atomic E-state index is 11.4. The molecule has 0 saturated heterocycles. The van der Waals surface area contributed by atoms with E-state index in [0.717, 1.165) is 4.52 Å². The Morgan fingerprint density at radius 1 is 1.35 bits per heavy atom. The van der Waals surface area contributed by atoms with Crippen LogP contribution in [0, 0.1) is 11.3 Å². The highest BCUT2D eigenvalue weighted by atomic mass is 16.5. The van der Waals surface area contributed by atoms with E-state index < -0.39 is 5.69 Å². The molecule has 0 unspecified atom stereocenters. The Morgan fingerprint density at radius 3 is 3.00 bits per heavy atom. The molecule has 3 N–H and O–H groups in total. The number of ether oxygens (including phenoxy) is 1. The first-order valence-corrected chi connectivity index (χ1v) is 5.59. The number of nitrogens with two attached hydrogens (primary N) is 1. The van der Waals surface area contributed by atoms with E-state index in [4.69, 9.17) is 15.7 Å². The molecular formula is C12H8N6O2. The number of nitrogens with zero attached hydrogens (tertiary/aromatic N) is 4. The van der Waals surface area contributed by atoms with Crippen LogP contribution in [0.2, 0.25) is 0 Å². The molecule has 0 bridgehead atoms. The molecule has 20 heavy (non-hydrogen) atoms. The molecule has 3 aromatic rings. The molecule has 0 saturated carbocycles. The Labute approximate surface area is 112 Å². The molecule has 0 fully saturated rings. The lowest BCUT2D eigenvalue weighted by atomic mass is 10.2. The van der Waals surface area contributed by atoms with Crippen molar-refractivity contribution in [2.45, 2.75) is 0 Å². The smallest absolute Gasteiger partial charge is 0.364 e. The highest BCUT2D eigenvalue weighted by molar-refractivity contribution is 5.54. The van der Waals surface area contributed by atoms with Crippen molar-refractivity contribution in [3.63, 3.8) is 0 Å². The van der Waals surface area contributed by atoms with Gasteiger partial charge in [0.15, 0.2) is 5.65 Å². The lowest BCUT2D eigenvalue weighted by Crippen LogP contribution is -2.12. The first-order chi connectivity index (χ1) is 9.67. The Balaban J connectivity index is 2.03. The van der Waals surface area contributed by atoms with Crippen LogP contribution < -0.4 is 16.2 Å². The summed E-state index contributed by atoms with van der Waals surface area (Å²) < 4.78 is 6.57. The maximum atomic E-state index is 11.4. The van der Waals surface area contributed by atoms with Crippen molar-refractivity contribution in [1.29, 1.82) is 5.26 Å². The first kappa shape index (κ1) is 11.7. The summed E-state index contributed by atoms with van der Waals surface area (Å²) in [4.78, 5) is 11.4. The summed E-state index contributed by atoms with van der Waals surface area (Å²) in [5, 5.41) is 19.0. The van der Waals surface area contributed by atoms with E-state index in [1.807, 2.05) is 6.07 Å². The lowest BCUT2D eigenvalue weighted by Gasteiger charge is -2.06. The van der Waals surface area contributed by atoms with E-state index in [1.165, 1.54) is 6.07 Å². The van der Waals surface area contributed by atoms with Crippen molar-refractivity contribution in [1.82, 2.24) is 19.8 Å². The molecule has 98 valence electrons. The zero-order valence-electron chi connectivity index (χ0n) is 10.1. The summed E-state index contributed by atoms with van der Waals surface area (Å²) >= 11 is 0. The molecule has 0 amide bonds. The molecule has 0 spiro atoms. The number of nitrogens with one attached hydrogen (secondary N) is 1. The van der Waals surface area contributed by atoms with Gasteiger partial charge in [0.25, 0.3) is 0 Å². The van der Waals surface area contributed by atoms with E-state index >= 15 is 0 Å². The van der Waals surface area contributed by atoms with Crippen molar-refractivity contribution in [3.05, 3.63) is 46.4 Å². The van der Waals surface area contributed by atoms with E-state index in [0.29, 0.717) is 17.1 Å². The second kappa shape index (κ2) is 4.40. The van der Waals surface area contributed by atoms with E-state index in [-0.39, 0.29) is 11.4 Å². The van der Waals surface area contributed by atoms with Gasteiger partial charge in [-0.25, -0.2) is 9.89 Å². The fourth-order valence-corrected chi connectivity index (χ4v) is 1.68. The summed E-state index contributed by atoms with van der Waals surface area (Å²) in [6.45, 7) is 0. The molecule has 3 rings (SSSR count). The molecule has 0 aliphatic rings. The van der Waals surface area contributed by atoms with Crippen LogP contribution in [0.15, 0.2) is 35.1 Å². The number of nitriles is 1. The van der Waals surface area contributed by atoms with Crippen LogP contribution >= 0.6 is 0 Å².